The Morgan fingerprint density at radius 2 is 1.50 bits per heavy atom. The number of hydrogen-bond acceptors (Lipinski definition) is 4. The molecule has 0 amide bonds. The molecule has 0 aliphatic carbocycles. The lowest BCUT2D eigenvalue weighted by Crippen LogP contribution is -1.86. The number of hydrogen-bond donors (Lipinski definition) is 2. The molecule has 0 aliphatic heterocycles. The standard InChI is InChI=1S/C24H16N2OS/c25-19-6-3-5-17-15-9-8-13(12-21(15)27-23(17)19)14-10-18-16-4-1-2-7-22(16)28-24(18)20(26)11-14/h1-12H,25-26H2. The van der Waals surface area contributed by atoms with E-state index in [2.05, 4.69) is 54.6 Å². The van der Waals surface area contributed by atoms with Crippen molar-refractivity contribution in [3.8, 4) is 11.1 Å². The third kappa shape index (κ3) is 2.09. The van der Waals surface area contributed by atoms with E-state index in [1.165, 1.54) is 15.5 Å². The van der Waals surface area contributed by atoms with E-state index in [0.29, 0.717) is 5.69 Å². The highest BCUT2D eigenvalue weighted by Crippen LogP contribution is 2.41. The molecular weight excluding hydrogens is 364 g/mol. The van der Waals surface area contributed by atoms with Crippen LogP contribution in [0.4, 0.5) is 11.4 Å². The molecule has 0 spiro atoms. The number of furan rings is 1. The summed E-state index contributed by atoms with van der Waals surface area (Å²) in [7, 11) is 0. The van der Waals surface area contributed by atoms with Gasteiger partial charge in [-0.2, -0.15) is 0 Å². The number of benzene rings is 4. The Labute approximate surface area is 164 Å². The van der Waals surface area contributed by atoms with Crippen molar-refractivity contribution >= 4 is 64.8 Å². The van der Waals surface area contributed by atoms with Crippen LogP contribution in [0, 0.1) is 0 Å². The van der Waals surface area contributed by atoms with Crippen molar-refractivity contribution in [3.63, 3.8) is 0 Å². The highest BCUT2D eigenvalue weighted by atomic mass is 32.1. The van der Waals surface area contributed by atoms with Gasteiger partial charge in [0.25, 0.3) is 0 Å². The third-order valence-electron chi connectivity index (χ3n) is 5.37. The van der Waals surface area contributed by atoms with E-state index in [0.717, 1.165) is 43.5 Å². The summed E-state index contributed by atoms with van der Waals surface area (Å²) in [6.07, 6.45) is 0. The van der Waals surface area contributed by atoms with Gasteiger partial charge in [0.15, 0.2) is 5.58 Å². The van der Waals surface area contributed by atoms with Crippen molar-refractivity contribution in [2.75, 3.05) is 11.5 Å². The van der Waals surface area contributed by atoms with Crippen molar-refractivity contribution < 1.29 is 4.42 Å². The Kier molecular flexibility index (Phi) is 3.06. The summed E-state index contributed by atoms with van der Waals surface area (Å²) in [5.41, 5.74) is 17.7. The van der Waals surface area contributed by atoms with Crippen LogP contribution in [0.2, 0.25) is 0 Å². The normalized spacial score (nSPS) is 11.9. The summed E-state index contributed by atoms with van der Waals surface area (Å²) in [6.45, 7) is 0. The topological polar surface area (TPSA) is 65.2 Å². The molecule has 4 heteroatoms. The van der Waals surface area contributed by atoms with Crippen LogP contribution in [0.5, 0.6) is 0 Å². The van der Waals surface area contributed by atoms with Gasteiger partial charge in [0.1, 0.15) is 5.58 Å². The molecule has 134 valence electrons. The molecule has 0 fully saturated rings. The van der Waals surface area contributed by atoms with Gasteiger partial charge in [-0.05, 0) is 47.5 Å². The lowest BCUT2D eigenvalue weighted by molar-refractivity contribution is 0.670. The second kappa shape index (κ2) is 5.50. The Morgan fingerprint density at radius 3 is 2.43 bits per heavy atom. The van der Waals surface area contributed by atoms with Crippen molar-refractivity contribution in [3.05, 3.63) is 72.8 Å². The van der Waals surface area contributed by atoms with E-state index in [4.69, 9.17) is 15.9 Å². The van der Waals surface area contributed by atoms with Crippen LogP contribution >= 0.6 is 11.3 Å². The minimum absolute atomic E-state index is 0.658. The smallest absolute Gasteiger partial charge is 0.158 e. The van der Waals surface area contributed by atoms with Crippen LogP contribution in [0.15, 0.2) is 77.2 Å². The van der Waals surface area contributed by atoms with Crippen LogP contribution in [-0.4, -0.2) is 0 Å². The molecule has 0 saturated heterocycles. The summed E-state index contributed by atoms with van der Waals surface area (Å²) in [6, 6.07) is 24.9. The van der Waals surface area contributed by atoms with Gasteiger partial charge in [-0.3, -0.25) is 0 Å². The molecular formula is C24H16N2OS. The van der Waals surface area contributed by atoms with Gasteiger partial charge in [0.2, 0.25) is 0 Å². The van der Waals surface area contributed by atoms with Crippen LogP contribution < -0.4 is 11.5 Å². The molecule has 6 rings (SSSR count). The van der Waals surface area contributed by atoms with Gasteiger partial charge >= 0.3 is 0 Å². The molecule has 2 aromatic heterocycles. The molecule has 2 heterocycles. The fourth-order valence-corrected chi connectivity index (χ4v) is 5.13. The molecule has 3 nitrogen and oxygen atoms in total. The maximum absolute atomic E-state index is 6.42. The van der Waals surface area contributed by atoms with Crippen molar-refractivity contribution in [1.82, 2.24) is 0 Å². The van der Waals surface area contributed by atoms with Crippen LogP contribution in [-0.2, 0) is 0 Å². The monoisotopic (exact) mass is 380 g/mol. The Bertz CT molecular complexity index is 1540. The second-order valence-electron chi connectivity index (χ2n) is 7.08. The van der Waals surface area contributed by atoms with Crippen LogP contribution in [0.1, 0.15) is 0 Å². The number of para-hydroxylation sites is 1. The van der Waals surface area contributed by atoms with Gasteiger partial charge in [-0.15, -0.1) is 11.3 Å². The van der Waals surface area contributed by atoms with Gasteiger partial charge in [0, 0.05) is 26.2 Å². The Morgan fingerprint density at radius 1 is 0.643 bits per heavy atom. The highest BCUT2D eigenvalue weighted by molar-refractivity contribution is 7.26. The number of thiophene rings is 1. The van der Waals surface area contributed by atoms with Crippen LogP contribution in [0.3, 0.4) is 0 Å². The van der Waals surface area contributed by atoms with E-state index in [1.54, 1.807) is 11.3 Å². The Hall–Kier alpha value is -3.50. The SMILES string of the molecule is Nc1cccc2c1oc1cc(-c3cc(N)c4sc5ccccc5c4c3)ccc12. The zero-order valence-electron chi connectivity index (χ0n) is 14.9. The second-order valence-corrected chi connectivity index (χ2v) is 8.13. The van der Waals surface area contributed by atoms with E-state index < -0.39 is 0 Å². The molecule has 0 bridgehead atoms. The Balaban J connectivity index is 1.62. The van der Waals surface area contributed by atoms with Gasteiger partial charge < -0.3 is 15.9 Å². The zero-order valence-corrected chi connectivity index (χ0v) is 15.7. The molecule has 4 aromatic carbocycles. The fraction of sp³-hybridized carbons (Fsp3) is 0. The van der Waals surface area contributed by atoms with Gasteiger partial charge in [-0.1, -0.05) is 36.4 Å². The third-order valence-corrected chi connectivity index (χ3v) is 6.61. The summed E-state index contributed by atoms with van der Waals surface area (Å²) in [5, 5.41) is 4.56. The van der Waals surface area contributed by atoms with E-state index in [9.17, 15) is 0 Å². The van der Waals surface area contributed by atoms with Gasteiger partial charge in [0.05, 0.1) is 16.1 Å². The maximum atomic E-state index is 6.42. The lowest BCUT2D eigenvalue weighted by atomic mass is 10.0. The largest absolute Gasteiger partial charge is 0.454 e. The molecule has 0 radical (unpaired) electrons. The highest BCUT2D eigenvalue weighted by Gasteiger charge is 2.13. The first kappa shape index (κ1) is 15.5. The minimum atomic E-state index is 0.658. The van der Waals surface area contributed by atoms with Crippen molar-refractivity contribution in [2.24, 2.45) is 0 Å². The maximum Gasteiger partial charge on any atom is 0.158 e. The minimum Gasteiger partial charge on any atom is -0.454 e. The lowest BCUT2D eigenvalue weighted by Gasteiger charge is -2.05. The molecule has 0 aliphatic rings. The van der Waals surface area contributed by atoms with Gasteiger partial charge in [-0.25, -0.2) is 0 Å². The molecule has 0 atom stereocenters. The zero-order chi connectivity index (χ0) is 18.8. The number of fused-ring (bicyclic) bond motifs is 6. The van der Waals surface area contributed by atoms with E-state index in [-0.39, 0.29) is 0 Å². The molecule has 4 N–H and O–H groups in total. The van der Waals surface area contributed by atoms with E-state index in [1.807, 2.05) is 18.2 Å². The summed E-state index contributed by atoms with van der Waals surface area (Å²) < 4.78 is 8.46. The fourth-order valence-electron chi connectivity index (χ4n) is 4.02. The first-order valence-corrected chi connectivity index (χ1v) is 9.92. The first-order chi connectivity index (χ1) is 13.7. The number of rotatable bonds is 1. The molecule has 28 heavy (non-hydrogen) atoms. The molecule has 0 unspecified atom stereocenters. The average Bonchev–Trinajstić information content (AvgIpc) is 3.27. The first-order valence-electron chi connectivity index (χ1n) is 9.11. The number of nitrogens with two attached hydrogens (primary N) is 2. The summed E-state index contributed by atoms with van der Waals surface area (Å²) in [4.78, 5) is 0. The molecule has 6 aromatic rings. The predicted octanol–water partition coefficient (Wildman–Crippen LogP) is 6.79. The number of nitrogen functional groups attached to an aromatic ring is 2. The summed E-state index contributed by atoms with van der Waals surface area (Å²) in [5.74, 6) is 0. The van der Waals surface area contributed by atoms with E-state index >= 15 is 0 Å². The number of anilines is 2. The van der Waals surface area contributed by atoms with Crippen molar-refractivity contribution in [1.29, 1.82) is 0 Å². The quantitative estimate of drug-likeness (QED) is 0.309. The summed E-state index contributed by atoms with van der Waals surface area (Å²) >= 11 is 1.74. The van der Waals surface area contributed by atoms with Crippen molar-refractivity contribution in [2.45, 2.75) is 0 Å². The average molecular weight is 380 g/mol. The molecule has 0 saturated carbocycles. The predicted molar refractivity (Wildman–Crippen MR) is 121 cm³/mol. The van der Waals surface area contributed by atoms with Crippen LogP contribution in [0.25, 0.3) is 53.2 Å².